The molecular weight excluding hydrogens is 372 g/mol. The van der Waals surface area contributed by atoms with Gasteiger partial charge in [-0.1, -0.05) is 91.0 Å². The van der Waals surface area contributed by atoms with Gasteiger partial charge in [0.05, 0.1) is 12.4 Å². The first-order chi connectivity index (χ1) is 14.4. The third-order valence-electron chi connectivity index (χ3n) is 4.91. The summed E-state index contributed by atoms with van der Waals surface area (Å²) < 4.78 is 2.66. The molecule has 0 unspecified atom stereocenters. The van der Waals surface area contributed by atoms with Crippen LogP contribution >= 0.6 is 11.3 Å². The minimum Gasteiger partial charge on any atom is -0.159 e. The lowest BCUT2D eigenvalue weighted by molar-refractivity contribution is 1.26. The molecule has 2 nitrogen and oxygen atoms in total. The Labute approximate surface area is 173 Å². The highest BCUT2D eigenvalue weighted by Gasteiger charge is 2.09. The second kappa shape index (κ2) is 7.82. The lowest BCUT2D eigenvalue weighted by Crippen LogP contribution is -1.83. The summed E-state index contributed by atoms with van der Waals surface area (Å²) in [7, 11) is 0. The zero-order chi connectivity index (χ0) is 19.5. The summed E-state index contributed by atoms with van der Waals surface area (Å²) in [6, 6.07) is 33.6. The van der Waals surface area contributed by atoms with Crippen LogP contribution in [-0.2, 0) is 0 Å². The maximum atomic E-state index is 4.16. The number of hydrogen-bond donors (Lipinski definition) is 0. The van der Waals surface area contributed by atoms with E-state index in [1.807, 2.05) is 41.7 Å². The molecule has 29 heavy (non-hydrogen) atoms. The lowest BCUT2D eigenvalue weighted by Gasteiger charge is -2.04. The molecule has 0 aliphatic heterocycles. The van der Waals surface area contributed by atoms with Gasteiger partial charge in [-0.15, -0.1) is 11.3 Å². The van der Waals surface area contributed by atoms with Crippen LogP contribution in [0.25, 0.3) is 31.3 Å². The Kier molecular flexibility index (Phi) is 4.73. The molecule has 5 rings (SSSR count). The molecule has 0 saturated heterocycles. The van der Waals surface area contributed by atoms with E-state index in [0.29, 0.717) is 0 Å². The zero-order valence-corrected chi connectivity index (χ0v) is 16.5. The Morgan fingerprint density at radius 2 is 1.21 bits per heavy atom. The molecule has 0 N–H and O–H groups in total. The summed E-state index contributed by atoms with van der Waals surface area (Å²) in [5.41, 5.74) is 4.56. The van der Waals surface area contributed by atoms with Gasteiger partial charge in [-0.25, -0.2) is 0 Å². The van der Waals surface area contributed by atoms with E-state index in [0.717, 1.165) is 11.1 Å². The number of hydrogen-bond acceptors (Lipinski definition) is 3. The maximum absolute atomic E-state index is 4.16. The van der Waals surface area contributed by atoms with E-state index in [1.54, 1.807) is 12.4 Å². The second-order valence-electron chi connectivity index (χ2n) is 6.80. The first-order valence-electron chi connectivity index (χ1n) is 9.51. The van der Waals surface area contributed by atoms with Crippen LogP contribution in [0.2, 0.25) is 0 Å². The summed E-state index contributed by atoms with van der Waals surface area (Å²) in [5.74, 6) is 0. The predicted molar refractivity (Wildman–Crippen MR) is 126 cm³/mol. The topological polar surface area (TPSA) is 24.7 Å². The summed E-state index contributed by atoms with van der Waals surface area (Å²) in [6.07, 6.45) is 3.54. The van der Waals surface area contributed by atoms with Crippen LogP contribution in [0.1, 0.15) is 11.1 Å². The Bertz CT molecular complexity index is 1330. The predicted octanol–water partition coefficient (Wildman–Crippen LogP) is 7.17. The molecule has 0 amide bonds. The van der Waals surface area contributed by atoms with Crippen molar-refractivity contribution in [2.24, 2.45) is 10.2 Å². The largest absolute Gasteiger partial charge is 0.159 e. The van der Waals surface area contributed by atoms with Gasteiger partial charge in [0.1, 0.15) is 0 Å². The Morgan fingerprint density at radius 3 is 2.00 bits per heavy atom. The molecule has 0 aliphatic carbocycles. The smallest absolute Gasteiger partial charge is 0.0568 e. The van der Waals surface area contributed by atoms with Crippen LogP contribution in [-0.4, -0.2) is 12.4 Å². The van der Waals surface area contributed by atoms with E-state index in [2.05, 4.69) is 76.9 Å². The quantitative estimate of drug-likeness (QED) is 0.229. The van der Waals surface area contributed by atoms with Crippen LogP contribution in [0.4, 0.5) is 0 Å². The van der Waals surface area contributed by atoms with Crippen molar-refractivity contribution < 1.29 is 0 Å². The minimum atomic E-state index is 1.03. The molecule has 1 aromatic heterocycles. The Morgan fingerprint density at radius 1 is 0.552 bits per heavy atom. The third kappa shape index (κ3) is 3.60. The van der Waals surface area contributed by atoms with Gasteiger partial charge >= 0.3 is 0 Å². The van der Waals surface area contributed by atoms with Gasteiger partial charge in [0.2, 0.25) is 0 Å². The Hall–Kier alpha value is -3.56. The van der Waals surface area contributed by atoms with E-state index < -0.39 is 0 Å². The van der Waals surface area contributed by atoms with Gasteiger partial charge in [0.25, 0.3) is 0 Å². The number of thiophene rings is 1. The van der Waals surface area contributed by atoms with Crippen LogP contribution < -0.4 is 0 Å². The maximum Gasteiger partial charge on any atom is 0.0568 e. The second-order valence-corrected chi connectivity index (χ2v) is 7.85. The first kappa shape index (κ1) is 17.5. The van der Waals surface area contributed by atoms with Gasteiger partial charge in [-0.2, -0.15) is 10.2 Å². The lowest BCUT2D eigenvalue weighted by atomic mass is 10.0. The van der Waals surface area contributed by atoms with Crippen LogP contribution in [0.15, 0.2) is 107 Å². The monoisotopic (exact) mass is 390 g/mol. The number of nitrogens with zero attached hydrogens (tertiary/aromatic N) is 2. The fourth-order valence-electron chi connectivity index (χ4n) is 3.46. The van der Waals surface area contributed by atoms with E-state index in [-0.39, 0.29) is 0 Å². The van der Waals surface area contributed by atoms with Crippen molar-refractivity contribution in [3.8, 4) is 11.1 Å². The fourth-order valence-corrected chi connectivity index (χ4v) is 4.70. The molecule has 1 heterocycles. The fraction of sp³-hybridized carbons (Fsp3) is 0. The standard InChI is InChI=1S/C26H18N2S/c1-2-7-19(8-3-1)17-27-28-18-20-13-15-21(16-14-20)22-10-6-11-24-23-9-4-5-12-25(23)29-26(22)24/h1-18H. The van der Waals surface area contributed by atoms with Crippen LogP contribution in [0.5, 0.6) is 0 Å². The highest BCUT2D eigenvalue weighted by atomic mass is 32.1. The van der Waals surface area contributed by atoms with Crippen LogP contribution in [0.3, 0.4) is 0 Å². The highest BCUT2D eigenvalue weighted by Crippen LogP contribution is 2.39. The summed E-state index contributed by atoms with van der Waals surface area (Å²) in [6.45, 7) is 0. The number of rotatable bonds is 4. The van der Waals surface area contributed by atoms with Crippen molar-refractivity contribution in [2.75, 3.05) is 0 Å². The van der Waals surface area contributed by atoms with Crippen molar-refractivity contribution in [1.82, 2.24) is 0 Å². The molecule has 0 bridgehead atoms. The molecule has 5 aromatic rings. The van der Waals surface area contributed by atoms with E-state index in [4.69, 9.17) is 0 Å². The molecule has 0 aliphatic rings. The number of fused-ring (bicyclic) bond motifs is 3. The molecular formula is C26H18N2S. The zero-order valence-electron chi connectivity index (χ0n) is 15.7. The summed E-state index contributed by atoms with van der Waals surface area (Å²) in [4.78, 5) is 0. The van der Waals surface area contributed by atoms with Crippen molar-refractivity contribution in [3.63, 3.8) is 0 Å². The van der Waals surface area contributed by atoms with E-state index in [1.165, 1.54) is 31.3 Å². The van der Waals surface area contributed by atoms with Gasteiger partial charge in [0.15, 0.2) is 0 Å². The Balaban J connectivity index is 1.42. The third-order valence-corrected chi connectivity index (χ3v) is 6.13. The van der Waals surface area contributed by atoms with Gasteiger partial charge in [-0.3, -0.25) is 0 Å². The van der Waals surface area contributed by atoms with Gasteiger partial charge in [-0.05, 0) is 28.3 Å². The van der Waals surface area contributed by atoms with Crippen molar-refractivity contribution in [3.05, 3.63) is 108 Å². The minimum absolute atomic E-state index is 1.03. The van der Waals surface area contributed by atoms with Crippen molar-refractivity contribution in [1.29, 1.82) is 0 Å². The molecule has 0 saturated carbocycles. The number of benzene rings is 4. The molecule has 138 valence electrons. The molecule has 3 heteroatoms. The summed E-state index contributed by atoms with van der Waals surface area (Å²) in [5, 5.41) is 10.9. The molecule has 0 spiro atoms. The van der Waals surface area contributed by atoms with Crippen LogP contribution in [0, 0.1) is 0 Å². The van der Waals surface area contributed by atoms with E-state index >= 15 is 0 Å². The molecule has 0 radical (unpaired) electrons. The first-order valence-corrected chi connectivity index (χ1v) is 10.3. The van der Waals surface area contributed by atoms with E-state index in [9.17, 15) is 0 Å². The van der Waals surface area contributed by atoms with Gasteiger partial charge < -0.3 is 0 Å². The average Bonchev–Trinajstić information content (AvgIpc) is 3.17. The molecule has 4 aromatic carbocycles. The average molecular weight is 391 g/mol. The molecule has 0 atom stereocenters. The summed E-state index contributed by atoms with van der Waals surface area (Å²) >= 11 is 1.86. The van der Waals surface area contributed by atoms with Crippen molar-refractivity contribution >= 4 is 43.9 Å². The highest BCUT2D eigenvalue weighted by molar-refractivity contribution is 7.26. The normalized spacial score (nSPS) is 11.9. The van der Waals surface area contributed by atoms with Crippen molar-refractivity contribution in [2.45, 2.75) is 0 Å². The molecule has 0 fully saturated rings. The SMILES string of the molecule is C(=NN=Cc1ccc(-c2cccc3c2sc2ccccc23)cc1)c1ccccc1. The van der Waals surface area contributed by atoms with Gasteiger partial charge in [0, 0.05) is 20.2 Å².